The van der Waals surface area contributed by atoms with Gasteiger partial charge < -0.3 is 0 Å². The Morgan fingerprint density at radius 2 is 1.96 bits per heavy atom. The fraction of sp³-hybridized carbons (Fsp3) is 0.471. The van der Waals surface area contributed by atoms with Gasteiger partial charge in [0, 0.05) is 5.54 Å². The lowest BCUT2D eigenvalue weighted by Gasteiger charge is -2.36. The van der Waals surface area contributed by atoms with Crippen LogP contribution in [0.15, 0.2) is 30.6 Å². The van der Waals surface area contributed by atoms with Gasteiger partial charge in [0.15, 0.2) is 5.78 Å². The molecule has 5 nitrogen and oxygen atoms in total. The number of aromatic nitrogens is 3. The second kappa shape index (κ2) is 5.85. The van der Waals surface area contributed by atoms with E-state index in [1.54, 1.807) is 12.1 Å². The Bertz CT molecular complexity index is 706. The third-order valence-electron chi connectivity index (χ3n) is 4.29. The van der Waals surface area contributed by atoms with Gasteiger partial charge >= 0.3 is 0 Å². The van der Waals surface area contributed by atoms with Gasteiger partial charge in [-0.15, -0.1) is 0 Å². The highest BCUT2D eigenvalue weighted by molar-refractivity contribution is 6.03. The molecule has 23 heavy (non-hydrogen) atoms. The first kappa shape index (κ1) is 15.8. The molecule has 0 spiro atoms. The standard InChI is InChI=1S/C17H21FN4O/c1-17(2,3)21-11-5-8-14(21)16(23)15-12(18)6-4-7-13(15)22-19-9-10-20-22/h4,6-7,9-10,14H,5,8,11H2,1-3H3. The van der Waals surface area contributed by atoms with Gasteiger partial charge in [-0.3, -0.25) is 9.69 Å². The van der Waals surface area contributed by atoms with Crippen molar-refractivity contribution in [1.82, 2.24) is 19.9 Å². The van der Waals surface area contributed by atoms with Crippen LogP contribution in [0.5, 0.6) is 0 Å². The number of hydrogen-bond acceptors (Lipinski definition) is 4. The number of hydrogen-bond donors (Lipinski definition) is 0. The highest BCUT2D eigenvalue weighted by Gasteiger charge is 2.39. The SMILES string of the molecule is CC(C)(C)N1CCCC1C(=O)c1c(F)cccc1-n1nccn1. The van der Waals surface area contributed by atoms with Crippen molar-refractivity contribution in [1.29, 1.82) is 0 Å². The van der Waals surface area contributed by atoms with Gasteiger partial charge in [0.05, 0.1) is 29.7 Å². The summed E-state index contributed by atoms with van der Waals surface area (Å²) >= 11 is 0. The largest absolute Gasteiger partial charge is 0.292 e. The van der Waals surface area contributed by atoms with E-state index in [0.717, 1.165) is 19.4 Å². The molecule has 1 aliphatic heterocycles. The molecule has 1 fully saturated rings. The van der Waals surface area contributed by atoms with E-state index in [9.17, 15) is 9.18 Å². The van der Waals surface area contributed by atoms with E-state index >= 15 is 0 Å². The third kappa shape index (κ3) is 2.91. The molecular weight excluding hydrogens is 295 g/mol. The monoisotopic (exact) mass is 316 g/mol. The lowest BCUT2D eigenvalue weighted by Crippen LogP contribution is -2.48. The molecule has 3 rings (SSSR count). The second-order valence-corrected chi connectivity index (χ2v) is 6.84. The average Bonchev–Trinajstić information content (AvgIpc) is 3.17. The van der Waals surface area contributed by atoms with Crippen LogP contribution in [0.25, 0.3) is 5.69 Å². The Balaban J connectivity index is 2.03. The average molecular weight is 316 g/mol. The van der Waals surface area contributed by atoms with Crippen LogP contribution in [0.2, 0.25) is 0 Å². The number of Topliss-reactive ketones (excluding diaryl/α,β-unsaturated/α-hetero) is 1. The zero-order valence-electron chi connectivity index (χ0n) is 13.7. The molecule has 6 heteroatoms. The van der Waals surface area contributed by atoms with Crippen LogP contribution in [0.4, 0.5) is 4.39 Å². The molecule has 0 amide bonds. The molecule has 2 heterocycles. The zero-order valence-corrected chi connectivity index (χ0v) is 13.7. The Morgan fingerprint density at radius 1 is 1.26 bits per heavy atom. The van der Waals surface area contributed by atoms with Crippen molar-refractivity contribution in [2.75, 3.05) is 6.54 Å². The molecule has 0 bridgehead atoms. The lowest BCUT2D eigenvalue weighted by atomic mass is 9.96. The summed E-state index contributed by atoms with van der Waals surface area (Å²) in [4.78, 5) is 16.5. The first-order valence-corrected chi connectivity index (χ1v) is 7.86. The smallest absolute Gasteiger partial charge is 0.185 e. The lowest BCUT2D eigenvalue weighted by molar-refractivity contribution is 0.0717. The van der Waals surface area contributed by atoms with Crippen molar-refractivity contribution in [3.05, 3.63) is 42.0 Å². The molecule has 2 aromatic rings. The summed E-state index contributed by atoms with van der Waals surface area (Å²) in [5.41, 5.74) is 0.331. The molecule has 122 valence electrons. The van der Waals surface area contributed by atoms with Crippen molar-refractivity contribution < 1.29 is 9.18 Å². The van der Waals surface area contributed by atoms with Gasteiger partial charge in [0.1, 0.15) is 5.82 Å². The highest BCUT2D eigenvalue weighted by atomic mass is 19.1. The number of ketones is 1. The van der Waals surface area contributed by atoms with Gasteiger partial charge in [-0.05, 0) is 52.3 Å². The van der Waals surface area contributed by atoms with Crippen LogP contribution < -0.4 is 0 Å². The Morgan fingerprint density at radius 3 is 2.61 bits per heavy atom. The zero-order chi connectivity index (χ0) is 16.6. The minimum Gasteiger partial charge on any atom is -0.292 e. The number of halogens is 1. The van der Waals surface area contributed by atoms with Crippen LogP contribution in [0.1, 0.15) is 44.0 Å². The summed E-state index contributed by atoms with van der Waals surface area (Å²) in [6, 6.07) is 4.26. The molecule has 0 aliphatic carbocycles. The molecule has 1 saturated heterocycles. The summed E-state index contributed by atoms with van der Waals surface area (Å²) in [6.07, 6.45) is 4.71. The number of nitrogens with zero attached hydrogens (tertiary/aromatic N) is 4. The van der Waals surface area contributed by atoms with Crippen molar-refractivity contribution in [3.8, 4) is 5.69 Å². The van der Waals surface area contributed by atoms with E-state index in [1.165, 1.54) is 23.3 Å². The van der Waals surface area contributed by atoms with Crippen LogP contribution >= 0.6 is 0 Å². The molecule has 1 unspecified atom stereocenters. The summed E-state index contributed by atoms with van der Waals surface area (Å²) < 4.78 is 14.5. The van der Waals surface area contributed by atoms with Gasteiger partial charge in [-0.2, -0.15) is 15.0 Å². The van der Waals surface area contributed by atoms with E-state index in [-0.39, 0.29) is 22.9 Å². The summed E-state index contributed by atoms with van der Waals surface area (Å²) in [5, 5.41) is 8.08. The summed E-state index contributed by atoms with van der Waals surface area (Å²) in [6.45, 7) is 7.09. The van der Waals surface area contributed by atoms with Gasteiger partial charge in [0.2, 0.25) is 0 Å². The molecule has 1 aromatic carbocycles. The quantitative estimate of drug-likeness (QED) is 0.817. The molecule has 1 aliphatic rings. The van der Waals surface area contributed by atoms with E-state index in [0.29, 0.717) is 5.69 Å². The second-order valence-electron chi connectivity index (χ2n) is 6.84. The molecule has 0 N–H and O–H groups in total. The van der Waals surface area contributed by atoms with Crippen LogP contribution in [0, 0.1) is 5.82 Å². The van der Waals surface area contributed by atoms with Crippen molar-refractivity contribution in [3.63, 3.8) is 0 Å². The van der Waals surface area contributed by atoms with Crippen molar-refractivity contribution in [2.45, 2.75) is 45.2 Å². The molecular formula is C17H21FN4O. The van der Waals surface area contributed by atoms with Crippen LogP contribution in [-0.2, 0) is 0 Å². The Kier molecular flexibility index (Phi) is 4.02. The minimum atomic E-state index is -0.523. The maximum absolute atomic E-state index is 14.5. The first-order chi connectivity index (χ1) is 10.9. The molecule has 0 radical (unpaired) electrons. The van der Waals surface area contributed by atoms with Crippen molar-refractivity contribution >= 4 is 5.78 Å². The third-order valence-corrected chi connectivity index (χ3v) is 4.29. The maximum atomic E-state index is 14.5. The topological polar surface area (TPSA) is 51.0 Å². The van der Waals surface area contributed by atoms with Crippen LogP contribution in [-0.4, -0.2) is 43.8 Å². The minimum absolute atomic E-state index is 0.0739. The Labute approximate surface area is 135 Å². The number of rotatable bonds is 3. The highest BCUT2D eigenvalue weighted by Crippen LogP contribution is 2.30. The van der Waals surface area contributed by atoms with E-state index in [2.05, 4.69) is 35.9 Å². The van der Waals surface area contributed by atoms with E-state index in [4.69, 9.17) is 0 Å². The number of carbonyl (C=O) groups excluding carboxylic acids is 1. The fourth-order valence-electron chi connectivity index (χ4n) is 3.27. The fourth-order valence-corrected chi connectivity index (χ4v) is 3.27. The van der Waals surface area contributed by atoms with Gasteiger partial charge in [-0.1, -0.05) is 6.07 Å². The normalized spacial score (nSPS) is 19.2. The predicted molar refractivity (Wildman–Crippen MR) is 85.1 cm³/mol. The predicted octanol–water partition coefficient (Wildman–Crippen LogP) is 2.85. The van der Waals surface area contributed by atoms with E-state index < -0.39 is 5.82 Å². The van der Waals surface area contributed by atoms with Crippen molar-refractivity contribution in [2.24, 2.45) is 0 Å². The number of likely N-dealkylation sites (tertiary alicyclic amines) is 1. The first-order valence-electron chi connectivity index (χ1n) is 7.86. The summed E-state index contributed by atoms with van der Waals surface area (Å²) in [5.74, 6) is -0.714. The molecule has 1 atom stereocenters. The van der Waals surface area contributed by atoms with Gasteiger partial charge in [-0.25, -0.2) is 4.39 Å². The summed E-state index contributed by atoms with van der Waals surface area (Å²) in [7, 11) is 0. The molecule has 0 saturated carbocycles. The number of benzene rings is 1. The van der Waals surface area contributed by atoms with E-state index in [1.807, 2.05) is 0 Å². The maximum Gasteiger partial charge on any atom is 0.185 e. The molecule has 1 aromatic heterocycles. The van der Waals surface area contributed by atoms with Gasteiger partial charge in [0.25, 0.3) is 0 Å². The number of carbonyl (C=O) groups is 1. The Hall–Kier alpha value is -2.08. The van der Waals surface area contributed by atoms with Crippen LogP contribution in [0.3, 0.4) is 0 Å².